The molecule has 4 heteroatoms. The fourth-order valence-electron chi connectivity index (χ4n) is 2.71. The van der Waals surface area contributed by atoms with E-state index >= 15 is 0 Å². The van der Waals surface area contributed by atoms with Gasteiger partial charge in [-0.05, 0) is 32.7 Å². The molecular weight excluding hydrogens is 238 g/mol. The quantitative estimate of drug-likeness (QED) is 0.747. The molecule has 0 saturated heterocycles. The zero-order valence-corrected chi connectivity index (χ0v) is 13.1. The molecule has 0 spiro atoms. The standard InChI is InChI=1S/C15H29N3O/c1-6-10-16-13(15(7-2,8-3)19-5)14-17-11-12-18(14)9-4/h11-13,16H,6-10H2,1-5H3. The lowest BCUT2D eigenvalue weighted by atomic mass is 9.87. The molecule has 0 aliphatic rings. The summed E-state index contributed by atoms with van der Waals surface area (Å²) in [5, 5.41) is 3.63. The van der Waals surface area contributed by atoms with Gasteiger partial charge in [0, 0.05) is 26.0 Å². The number of ether oxygens (including phenoxy) is 1. The van der Waals surface area contributed by atoms with E-state index in [1.54, 1.807) is 0 Å². The first kappa shape index (κ1) is 16.2. The number of hydrogen-bond acceptors (Lipinski definition) is 3. The van der Waals surface area contributed by atoms with Crippen LogP contribution in [0.3, 0.4) is 0 Å². The highest BCUT2D eigenvalue weighted by molar-refractivity contribution is 5.08. The minimum absolute atomic E-state index is 0.141. The topological polar surface area (TPSA) is 39.1 Å². The summed E-state index contributed by atoms with van der Waals surface area (Å²) in [5.74, 6) is 1.08. The zero-order chi connectivity index (χ0) is 14.3. The second kappa shape index (κ2) is 7.65. The average Bonchev–Trinajstić information content (AvgIpc) is 2.92. The molecule has 1 N–H and O–H groups in total. The van der Waals surface area contributed by atoms with Crippen LogP contribution >= 0.6 is 0 Å². The van der Waals surface area contributed by atoms with Gasteiger partial charge in [0.25, 0.3) is 0 Å². The predicted molar refractivity (Wildman–Crippen MR) is 79.3 cm³/mol. The van der Waals surface area contributed by atoms with Gasteiger partial charge in [0.1, 0.15) is 5.82 Å². The Hall–Kier alpha value is -0.870. The van der Waals surface area contributed by atoms with Gasteiger partial charge >= 0.3 is 0 Å². The van der Waals surface area contributed by atoms with E-state index in [4.69, 9.17) is 4.74 Å². The molecule has 0 bridgehead atoms. The summed E-state index contributed by atoms with van der Waals surface area (Å²) in [5.41, 5.74) is -0.187. The molecule has 1 atom stereocenters. The maximum absolute atomic E-state index is 5.90. The average molecular weight is 267 g/mol. The number of nitrogens with one attached hydrogen (secondary N) is 1. The maximum atomic E-state index is 5.90. The van der Waals surface area contributed by atoms with Crippen LogP contribution in [0.25, 0.3) is 0 Å². The van der Waals surface area contributed by atoms with Gasteiger partial charge in [0.2, 0.25) is 0 Å². The van der Waals surface area contributed by atoms with Crippen molar-refractivity contribution in [2.45, 2.75) is 65.1 Å². The summed E-state index contributed by atoms with van der Waals surface area (Å²) >= 11 is 0. The summed E-state index contributed by atoms with van der Waals surface area (Å²) in [6.07, 6.45) is 6.97. The molecule has 0 radical (unpaired) electrons. The molecule has 0 amide bonds. The smallest absolute Gasteiger partial charge is 0.128 e. The number of methoxy groups -OCH3 is 1. The summed E-state index contributed by atoms with van der Waals surface area (Å²) in [6.45, 7) is 10.6. The second-order valence-electron chi connectivity index (χ2n) is 4.93. The first-order valence-electron chi connectivity index (χ1n) is 7.48. The fourth-order valence-corrected chi connectivity index (χ4v) is 2.71. The molecule has 0 aromatic carbocycles. The number of imidazole rings is 1. The van der Waals surface area contributed by atoms with Crippen molar-refractivity contribution in [3.05, 3.63) is 18.2 Å². The molecule has 0 aliphatic heterocycles. The minimum Gasteiger partial charge on any atom is -0.376 e. The lowest BCUT2D eigenvalue weighted by Crippen LogP contribution is -2.46. The molecule has 1 aromatic rings. The first-order valence-corrected chi connectivity index (χ1v) is 7.48. The van der Waals surface area contributed by atoms with Gasteiger partial charge in [-0.15, -0.1) is 0 Å². The van der Waals surface area contributed by atoms with Crippen molar-refractivity contribution in [1.29, 1.82) is 0 Å². The Kier molecular flexibility index (Phi) is 6.52. The van der Waals surface area contributed by atoms with Gasteiger partial charge < -0.3 is 14.6 Å². The molecule has 4 nitrogen and oxygen atoms in total. The van der Waals surface area contributed by atoms with E-state index in [2.05, 4.69) is 42.6 Å². The summed E-state index contributed by atoms with van der Waals surface area (Å²) < 4.78 is 8.10. The van der Waals surface area contributed by atoms with Crippen LogP contribution < -0.4 is 5.32 Å². The number of hydrogen-bond donors (Lipinski definition) is 1. The van der Waals surface area contributed by atoms with Gasteiger partial charge in [-0.25, -0.2) is 4.98 Å². The lowest BCUT2D eigenvalue weighted by Gasteiger charge is -2.38. The van der Waals surface area contributed by atoms with Gasteiger partial charge in [0.15, 0.2) is 0 Å². The third-order valence-electron chi connectivity index (χ3n) is 4.07. The summed E-state index contributed by atoms with van der Waals surface area (Å²) in [4.78, 5) is 4.57. The molecule has 0 fully saturated rings. The van der Waals surface area contributed by atoms with Crippen molar-refractivity contribution in [2.75, 3.05) is 13.7 Å². The van der Waals surface area contributed by atoms with Crippen molar-refractivity contribution in [2.24, 2.45) is 0 Å². The highest BCUT2D eigenvalue weighted by Gasteiger charge is 2.38. The van der Waals surface area contributed by atoms with Crippen molar-refractivity contribution in [3.63, 3.8) is 0 Å². The van der Waals surface area contributed by atoms with E-state index in [1.807, 2.05) is 19.5 Å². The third kappa shape index (κ3) is 3.37. The fraction of sp³-hybridized carbons (Fsp3) is 0.800. The molecule has 1 aromatic heterocycles. The van der Waals surface area contributed by atoms with Crippen LogP contribution in [-0.2, 0) is 11.3 Å². The Labute approximate surface area is 117 Å². The highest BCUT2D eigenvalue weighted by atomic mass is 16.5. The van der Waals surface area contributed by atoms with E-state index in [0.717, 1.165) is 38.2 Å². The molecule has 0 aliphatic carbocycles. The molecule has 1 rings (SSSR count). The molecule has 0 saturated carbocycles. The van der Waals surface area contributed by atoms with Crippen molar-refractivity contribution >= 4 is 0 Å². The van der Waals surface area contributed by atoms with E-state index < -0.39 is 0 Å². The Morgan fingerprint density at radius 3 is 2.47 bits per heavy atom. The van der Waals surface area contributed by atoms with Crippen LogP contribution in [0.15, 0.2) is 12.4 Å². The zero-order valence-electron chi connectivity index (χ0n) is 13.1. The normalized spacial score (nSPS) is 13.7. The Morgan fingerprint density at radius 1 is 1.32 bits per heavy atom. The van der Waals surface area contributed by atoms with Gasteiger partial charge in [0.05, 0.1) is 11.6 Å². The van der Waals surface area contributed by atoms with Crippen molar-refractivity contribution in [3.8, 4) is 0 Å². The number of aryl methyl sites for hydroxylation is 1. The Bertz CT molecular complexity index is 350. The van der Waals surface area contributed by atoms with Gasteiger partial charge in [-0.3, -0.25) is 0 Å². The minimum atomic E-state index is -0.187. The SMILES string of the molecule is CCCNC(c1nccn1CC)C(CC)(CC)OC. The first-order chi connectivity index (χ1) is 9.18. The molecule has 19 heavy (non-hydrogen) atoms. The van der Waals surface area contributed by atoms with Crippen molar-refractivity contribution in [1.82, 2.24) is 14.9 Å². The maximum Gasteiger partial charge on any atom is 0.128 e. The van der Waals surface area contributed by atoms with Crippen molar-refractivity contribution < 1.29 is 4.74 Å². The van der Waals surface area contributed by atoms with Crippen LogP contribution in [-0.4, -0.2) is 28.8 Å². The van der Waals surface area contributed by atoms with Gasteiger partial charge in [-0.1, -0.05) is 20.8 Å². The van der Waals surface area contributed by atoms with Crippen LogP contribution in [0, 0.1) is 0 Å². The van der Waals surface area contributed by atoms with E-state index in [9.17, 15) is 0 Å². The molecule has 1 heterocycles. The number of rotatable bonds is 9. The van der Waals surface area contributed by atoms with Crippen LogP contribution in [0.5, 0.6) is 0 Å². The van der Waals surface area contributed by atoms with E-state index in [1.165, 1.54) is 0 Å². The monoisotopic (exact) mass is 267 g/mol. The second-order valence-corrected chi connectivity index (χ2v) is 4.93. The highest BCUT2D eigenvalue weighted by Crippen LogP contribution is 2.34. The largest absolute Gasteiger partial charge is 0.376 e. The van der Waals surface area contributed by atoms with Crippen LogP contribution in [0.4, 0.5) is 0 Å². The van der Waals surface area contributed by atoms with E-state index in [-0.39, 0.29) is 11.6 Å². The Balaban J connectivity index is 3.12. The number of aromatic nitrogens is 2. The summed E-state index contributed by atoms with van der Waals surface area (Å²) in [7, 11) is 1.81. The summed E-state index contributed by atoms with van der Waals surface area (Å²) in [6, 6.07) is 0.141. The number of nitrogens with zero attached hydrogens (tertiary/aromatic N) is 2. The van der Waals surface area contributed by atoms with E-state index in [0.29, 0.717) is 0 Å². The Morgan fingerprint density at radius 2 is 2.00 bits per heavy atom. The predicted octanol–water partition coefficient (Wildman–Crippen LogP) is 3.15. The lowest BCUT2D eigenvalue weighted by molar-refractivity contribution is -0.0515. The van der Waals surface area contributed by atoms with Crippen LogP contribution in [0.2, 0.25) is 0 Å². The molecule has 110 valence electrons. The molecular formula is C15H29N3O. The molecule has 1 unspecified atom stereocenters. The third-order valence-corrected chi connectivity index (χ3v) is 4.07. The van der Waals surface area contributed by atoms with Gasteiger partial charge in [-0.2, -0.15) is 0 Å². The van der Waals surface area contributed by atoms with Crippen LogP contribution in [0.1, 0.15) is 58.8 Å².